The summed E-state index contributed by atoms with van der Waals surface area (Å²) in [4.78, 5) is 21.5. The van der Waals surface area contributed by atoms with Crippen molar-refractivity contribution >= 4 is 5.82 Å². The van der Waals surface area contributed by atoms with Gasteiger partial charge in [0.25, 0.3) is 5.56 Å². The molecule has 2 rings (SSSR count). The monoisotopic (exact) mass is 264 g/mol. The molecule has 0 radical (unpaired) electrons. The summed E-state index contributed by atoms with van der Waals surface area (Å²) in [5.74, 6) is 0.519. The molecule has 1 saturated heterocycles. The Morgan fingerprint density at radius 1 is 1.53 bits per heavy atom. The van der Waals surface area contributed by atoms with Gasteiger partial charge >= 0.3 is 0 Å². The minimum absolute atomic E-state index is 0.0941. The van der Waals surface area contributed by atoms with Gasteiger partial charge in [0.1, 0.15) is 0 Å². The van der Waals surface area contributed by atoms with Gasteiger partial charge in [0, 0.05) is 30.4 Å². The molecule has 2 heterocycles. The molecule has 0 spiro atoms. The van der Waals surface area contributed by atoms with Crippen molar-refractivity contribution in [2.75, 3.05) is 24.5 Å². The molecule has 0 saturated carbocycles. The molecule has 19 heavy (non-hydrogen) atoms. The van der Waals surface area contributed by atoms with Crippen LogP contribution in [0.15, 0.2) is 11.0 Å². The lowest BCUT2D eigenvalue weighted by molar-refractivity contribution is 0.383. The summed E-state index contributed by atoms with van der Waals surface area (Å²) in [6.45, 7) is 10.6. The second kappa shape index (κ2) is 4.63. The molecule has 0 aromatic carbocycles. The molecule has 5 heteroatoms. The fourth-order valence-electron chi connectivity index (χ4n) is 2.37. The normalized spacial score (nSPS) is 23.9. The molecule has 1 aromatic heterocycles. The van der Waals surface area contributed by atoms with Gasteiger partial charge < -0.3 is 15.6 Å². The van der Waals surface area contributed by atoms with Crippen molar-refractivity contribution in [2.24, 2.45) is 11.1 Å². The molecule has 5 nitrogen and oxygen atoms in total. The predicted molar refractivity (Wildman–Crippen MR) is 77.5 cm³/mol. The van der Waals surface area contributed by atoms with Crippen molar-refractivity contribution in [1.29, 1.82) is 0 Å². The maximum Gasteiger partial charge on any atom is 0.291 e. The molecule has 1 aliphatic rings. The Hall–Kier alpha value is -1.36. The smallest absolute Gasteiger partial charge is 0.291 e. The molecule has 0 amide bonds. The Balaban J connectivity index is 2.26. The molecule has 0 aliphatic carbocycles. The van der Waals surface area contributed by atoms with Crippen LogP contribution in [0.5, 0.6) is 0 Å². The number of rotatable bonds is 2. The van der Waals surface area contributed by atoms with Crippen molar-refractivity contribution < 1.29 is 0 Å². The van der Waals surface area contributed by atoms with E-state index < -0.39 is 0 Å². The number of hydrogen-bond donors (Lipinski definition) is 2. The van der Waals surface area contributed by atoms with Crippen LogP contribution in [0.1, 0.15) is 39.8 Å². The van der Waals surface area contributed by atoms with Gasteiger partial charge in [-0.1, -0.05) is 27.7 Å². The van der Waals surface area contributed by atoms with Crippen molar-refractivity contribution in [2.45, 2.75) is 39.5 Å². The van der Waals surface area contributed by atoms with Gasteiger partial charge in [-0.05, 0) is 18.4 Å². The third-order valence-electron chi connectivity index (χ3n) is 3.93. The molecule has 3 N–H and O–H groups in total. The summed E-state index contributed by atoms with van der Waals surface area (Å²) in [6, 6.07) is 0. The van der Waals surface area contributed by atoms with Crippen molar-refractivity contribution in [3.8, 4) is 0 Å². The highest BCUT2D eigenvalue weighted by atomic mass is 16.1. The van der Waals surface area contributed by atoms with Gasteiger partial charge in [0.05, 0.1) is 0 Å². The van der Waals surface area contributed by atoms with Crippen LogP contribution in [0.3, 0.4) is 0 Å². The Morgan fingerprint density at radius 2 is 2.21 bits per heavy atom. The average molecular weight is 264 g/mol. The fraction of sp³-hybridized carbons (Fsp3) is 0.714. The van der Waals surface area contributed by atoms with Gasteiger partial charge in [-0.3, -0.25) is 4.79 Å². The van der Waals surface area contributed by atoms with Crippen LogP contribution in [0, 0.1) is 5.41 Å². The van der Waals surface area contributed by atoms with Gasteiger partial charge in [-0.2, -0.15) is 0 Å². The molecule has 1 atom stereocenters. The second-order valence-corrected chi connectivity index (χ2v) is 6.89. The number of aromatic nitrogens is 2. The molecular formula is C14H24N4O. The molecule has 1 aromatic rings. The quantitative estimate of drug-likeness (QED) is 0.843. The van der Waals surface area contributed by atoms with Crippen molar-refractivity contribution in [3.05, 3.63) is 22.2 Å². The third kappa shape index (κ3) is 2.81. The van der Waals surface area contributed by atoms with E-state index in [9.17, 15) is 4.79 Å². The summed E-state index contributed by atoms with van der Waals surface area (Å²) in [6.07, 6.45) is 2.78. The van der Waals surface area contributed by atoms with Gasteiger partial charge in [0.2, 0.25) is 0 Å². The zero-order valence-corrected chi connectivity index (χ0v) is 12.3. The summed E-state index contributed by atoms with van der Waals surface area (Å²) >= 11 is 0. The van der Waals surface area contributed by atoms with E-state index in [2.05, 4.69) is 37.7 Å². The van der Waals surface area contributed by atoms with E-state index >= 15 is 0 Å². The Morgan fingerprint density at radius 3 is 2.68 bits per heavy atom. The standard InChI is InChI=1S/C14H24N4O/c1-13(2,3)10-7-16-11(12(19)17-10)18-6-5-14(4,8-15)9-18/h7H,5-6,8-9,15H2,1-4H3,(H,17,19). The van der Waals surface area contributed by atoms with Crippen LogP contribution in [0.2, 0.25) is 0 Å². The van der Waals surface area contributed by atoms with E-state index in [-0.39, 0.29) is 16.4 Å². The van der Waals surface area contributed by atoms with Gasteiger partial charge in [-0.15, -0.1) is 0 Å². The fourth-order valence-corrected chi connectivity index (χ4v) is 2.37. The highest BCUT2D eigenvalue weighted by Crippen LogP contribution is 2.30. The second-order valence-electron chi connectivity index (χ2n) is 6.89. The largest absolute Gasteiger partial charge is 0.351 e. The molecule has 0 bridgehead atoms. The maximum absolute atomic E-state index is 12.2. The maximum atomic E-state index is 12.2. The van der Waals surface area contributed by atoms with Crippen LogP contribution < -0.4 is 16.2 Å². The number of H-pyrrole nitrogens is 1. The highest BCUT2D eigenvalue weighted by Gasteiger charge is 2.34. The third-order valence-corrected chi connectivity index (χ3v) is 3.93. The van der Waals surface area contributed by atoms with E-state index in [4.69, 9.17) is 5.73 Å². The van der Waals surface area contributed by atoms with Crippen LogP contribution >= 0.6 is 0 Å². The lowest BCUT2D eigenvalue weighted by atomic mass is 9.90. The first-order valence-electron chi connectivity index (χ1n) is 6.80. The van der Waals surface area contributed by atoms with E-state index in [1.807, 2.05) is 4.90 Å². The molecule has 106 valence electrons. The number of hydrogen-bond acceptors (Lipinski definition) is 4. The summed E-state index contributed by atoms with van der Waals surface area (Å²) in [7, 11) is 0. The van der Waals surface area contributed by atoms with E-state index in [0.29, 0.717) is 12.4 Å². The zero-order chi connectivity index (χ0) is 14.3. The average Bonchev–Trinajstić information content (AvgIpc) is 2.71. The minimum atomic E-state index is -0.103. The number of nitrogens with one attached hydrogen (secondary N) is 1. The van der Waals surface area contributed by atoms with Crippen LogP contribution in [-0.2, 0) is 5.41 Å². The Bertz CT molecular complexity index is 517. The molecule has 1 fully saturated rings. The SMILES string of the molecule is CC1(CN)CCN(c2ncc(C(C)(C)C)[nH]c2=O)C1. The highest BCUT2D eigenvalue weighted by molar-refractivity contribution is 5.38. The number of nitrogens with two attached hydrogens (primary N) is 1. The first-order chi connectivity index (χ1) is 8.75. The molecular weight excluding hydrogens is 240 g/mol. The lowest BCUT2D eigenvalue weighted by Gasteiger charge is -2.23. The van der Waals surface area contributed by atoms with Crippen LogP contribution in [0.25, 0.3) is 0 Å². The van der Waals surface area contributed by atoms with Crippen LogP contribution in [-0.4, -0.2) is 29.6 Å². The van der Waals surface area contributed by atoms with Gasteiger partial charge in [-0.25, -0.2) is 4.98 Å². The molecule has 1 aliphatic heterocycles. The topological polar surface area (TPSA) is 75.0 Å². The Labute approximate surface area is 114 Å². The number of aromatic amines is 1. The van der Waals surface area contributed by atoms with Crippen LogP contribution in [0.4, 0.5) is 5.82 Å². The van der Waals surface area contributed by atoms with Gasteiger partial charge in [0.15, 0.2) is 5.82 Å². The summed E-state index contributed by atoms with van der Waals surface area (Å²) in [5, 5.41) is 0. The first kappa shape index (κ1) is 14.1. The lowest BCUT2D eigenvalue weighted by Crippen LogP contribution is -2.34. The number of nitrogens with zero attached hydrogens (tertiary/aromatic N) is 2. The predicted octanol–water partition coefficient (Wildman–Crippen LogP) is 1.24. The minimum Gasteiger partial charge on any atom is -0.351 e. The van der Waals surface area contributed by atoms with E-state index in [1.165, 1.54) is 0 Å². The van der Waals surface area contributed by atoms with E-state index in [0.717, 1.165) is 25.2 Å². The summed E-state index contributed by atoms with van der Waals surface area (Å²) < 4.78 is 0. The zero-order valence-electron chi connectivity index (χ0n) is 12.3. The molecule has 1 unspecified atom stereocenters. The van der Waals surface area contributed by atoms with E-state index in [1.54, 1.807) is 6.20 Å². The Kier molecular flexibility index (Phi) is 3.43. The summed E-state index contributed by atoms with van der Waals surface area (Å²) in [5.41, 5.74) is 6.55. The van der Waals surface area contributed by atoms with Crippen molar-refractivity contribution in [1.82, 2.24) is 9.97 Å². The first-order valence-corrected chi connectivity index (χ1v) is 6.80. The van der Waals surface area contributed by atoms with Crippen molar-refractivity contribution in [3.63, 3.8) is 0 Å². The number of anilines is 1.